The zero-order valence-electron chi connectivity index (χ0n) is 11.6. The van der Waals surface area contributed by atoms with E-state index in [0.717, 1.165) is 10.4 Å². The van der Waals surface area contributed by atoms with Crippen LogP contribution in [0.1, 0.15) is 30.2 Å². The molecule has 20 heavy (non-hydrogen) atoms. The highest BCUT2D eigenvalue weighted by Crippen LogP contribution is 2.26. The topological polar surface area (TPSA) is 29.1 Å². The maximum absolute atomic E-state index is 12.4. The lowest BCUT2D eigenvalue weighted by atomic mass is 9.87. The third kappa shape index (κ3) is 3.84. The predicted molar refractivity (Wildman–Crippen MR) is 85.2 cm³/mol. The lowest BCUT2D eigenvalue weighted by molar-refractivity contribution is -0.123. The molecule has 2 aromatic rings. The normalized spacial score (nSPS) is 12.4. The third-order valence-electron chi connectivity index (χ3n) is 3.20. The van der Waals surface area contributed by atoms with Gasteiger partial charge in [0.15, 0.2) is 0 Å². The number of amides is 1. The van der Waals surface area contributed by atoms with Gasteiger partial charge >= 0.3 is 0 Å². The molecule has 1 aromatic heterocycles. The van der Waals surface area contributed by atoms with E-state index in [0.29, 0.717) is 11.6 Å². The van der Waals surface area contributed by atoms with Gasteiger partial charge in [-0.15, -0.1) is 11.3 Å². The van der Waals surface area contributed by atoms with Gasteiger partial charge in [0.25, 0.3) is 0 Å². The van der Waals surface area contributed by atoms with Crippen molar-refractivity contribution < 1.29 is 4.79 Å². The van der Waals surface area contributed by atoms with Crippen molar-refractivity contribution >= 4 is 28.8 Å². The second-order valence-electron chi connectivity index (χ2n) is 5.07. The van der Waals surface area contributed by atoms with Crippen LogP contribution in [0.5, 0.6) is 0 Å². The summed E-state index contributed by atoms with van der Waals surface area (Å²) < 4.78 is 0. The Balaban J connectivity index is 2.08. The first-order valence-corrected chi connectivity index (χ1v) is 7.89. The molecule has 1 amide bonds. The van der Waals surface area contributed by atoms with Gasteiger partial charge < -0.3 is 5.32 Å². The van der Waals surface area contributed by atoms with Crippen LogP contribution in [0.15, 0.2) is 41.8 Å². The number of carbonyl (C=O) groups is 1. The van der Waals surface area contributed by atoms with Gasteiger partial charge in [-0.1, -0.05) is 43.6 Å². The van der Waals surface area contributed by atoms with E-state index in [-0.39, 0.29) is 17.7 Å². The number of thiophene rings is 1. The smallest absolute Gasteiger partial charge is 0.228 e. The molecule has 1 aromatic carbocycles. The molecule has 0 aliphatic heterocycles. The van der Waals surface area contributed by atoms with Crippen molar-refractivity contribution in [1.82, 2.24) is 5.32 Å². The lowest BCUT2D eigenvalue weighted by Gasteiger charge is -2.20. The van der Waals surface area contributed by atoms with E-state index >= 15 is 0 Å². The van der Waals surface area contributed by atoms with Crippen molar-refractivity contribution in [2.24, 2.45) is 5.92 Å². The van der Waals surface area contributed by atoms with E-state index in [1.165, 1.54) is 0 Å². The van der Waals surface area contributed by atoms with Gasteiger partial charge in [-0.05, 0) is 35.1 Å². The Morgan fingerprint density at radius 3 is 2.50 bits per heavy atom. The molecule has 0 unspecified atom stereocenters. The van der Waals surface area contributed by atoms with Crippen LogP contribution in [0.25, 0.3) is 0 Å². The van der Waals surface area contributed by atoms with E-state index in [1.54, 1.807) is 11.3 Å². The molecule has 0 spiro atoms. The van der Waals surface area contributed by atoms with Crippen LogP contribution in [0, 0.1) is 5.92 Å². The summed E-state index contributed by atoms with van der Waals surface area (Å²) in [5, 5.41) is 5.72. The summed E-state index contributed by atoms with van der Waals surface area (Å²) in [5.41, 5.74) is 1.01. The first-order valence-electron chi connectivity index (χ1n) is 6.63. The highest BCUT2D eigenvalue weighted by atomic mass is 35.5. The maximum atomic E-state index is 12.4. The summed E-state index contributed by atoms with van der Waals surface area (Å²) in [7, 11) is 0. The summed E-state index contributed by atoms with van der Waals surface area (Å²) in [6, 6.07) is 11.5. The van der Waals surface area contributed by atoms with Crippen molar-refractivity contribution in [3.05, 3.63) is 57.2 Å². The summed E-state index contributed by atoms with van der Waals surface area (Å²) in [6.07, 6.45) is 0. The Labute approximate surface area is 128 Å². The molecule has 0 fully saturated rings. The predicted octanol–water partition coefficient (Wildman–Crippen LogP) is 4.46. The first-order chi connectivity index (χ1) is 9.58. The monoisotopic (exact) mass is 307 g/mol. The van der Waals surface area contributed by atoms with Crippen LogP contribution in [0.3, 0.4) is 0 Å². The van der Waals surface area contributed by atoms with E-state index in [4.69, 9.17) is 11.6 Å². The van der Waals surface area contributed by atoms with E-state index in [2.05, 4.69) is 19.2 Å². The van der Waals surface area contributed by atoms with Gasteiger partial charge in [0.2, 0.25) is 5.91 Å². The molecule has 1 atom stereocenters. The van der Waals surface area contributed by atoms with Crippen LogP contribution in [0.4, 0.5) is 0 Å². The second-order valence-corrected chi connectivity index (χ2v) is 6.54. The molecular weight excluding hydrogens is 290 g/mol. The van der Waals surface area contributed by atoms with Crippen LogP contribution in [0.2, 0.25) is 5.02 Å². The number of hydrogen-bond donors (Lipinski definition) is 1. The zero-order chi connectivity index (χ0) is 14.5. The van der Waals surface area contributed by atoms with Gasteiger partial charge in [-0.3, -0.25) is 4.79 Å². The molecule has 2 rings (SSSR count). The molecule has 2 nitrogen and oxygen atoms in total. The van der Waals surface area contributed by atoms with E-state index < -0.39 is 0 Å². The summed E-state index contributed by atoms with van der Waals surface area (Å²) >= 11 is 7.56. The summed E-state index contributed by atoms with van der Waals surface area (Å²) in [6.45, 7) is 4.71. The van der Waals surface area contributed by atoms with Crippen molar-refractivity contribution in [3.63, 3.8) is 0 Å². The van der Waals surface area contributed by atoms with Crippen LogP contribution in [-0.2, 0) is 11.3 Å². The minimum absolute atomic E-state index is 0.0655. The van der Waals surface area contributed by atoms with Crippen molar-refractivity contribution in [2.75, 3.05) is 0 Å². The Morgan fingerprint density at radius 1 is 1.25 bits per heavy atom. The highest BCUT2D eigenvalue weighted by molar-refractivity contribution is 7.09. The number of halogens is 1. The lowest BCUT2D eigenvalue weighted by Crippen LogP contribution is -2.31. The molecule has 0 radical (unpaired) electrons. The standard InChI is InChI=1S/C16H18ClNOS/c1-11(2)15(12-5-7-13(17)8-6-12)16(19)18-10-14-4-3-9-20-14/h3-9,11,15H,10H2,1-2H3,(H,18,19)/t15-/m0/s1. The molecule has 0 aliphatic carbocycles. The number of hydrogen-bond acceptors (Lipinski definition) is 2. The number of carbonyl (C=O) groups excluding carboxylic acids is 1. The minimum atomic E-state index is -0.146. The molecule has 0 saturated carbocycles. The van der Waals surface area contributed by atoms with E-state index in [1.807, 2.05) is 41.8 Å². The summed E-state index contributed by atoms with van der Waals surface area (Å²) in [4.78, 5) is 13.6. The minimum Gasteiger partial charge on any atom is -0.351 e. The van der Waals surface area contributed by atoms with Crippen LogP contribution >= 0.6 is 22.9 Å². The van der Waals surface area contributed by atoms with Gasteiger partial charge in [0.1, 0.15) is 0 Å². The fraction of sp³-hybridized carbons (Fsp3) is 0.312. The second kappa shape index (κ2) is 6.91. The fourth-order valence-electron chi connectivity index (χ4n) is 2.21. The van der Waals surface area contributed by atoms with Crippen molar-refractivity contribution in [1.29, 1.82) is 0 Å². The number of nitrogens with one attached hydrogen (secondary N) is 1. The fourth-order valence-corrected chi connectivity index (χ4v) is 2.98. The molecular formula is C16H18ClNOS. The Hall–Kier alpha value is -1.32. The Morgan fingerprint density at radius 2 is 1.95 bits per heavy atom. The maximum Gasteiger partial charge on any atom is 0.228 e. The van der Waals surface area contributed by atoms with Gasteiger partial charge in [-0.2, -0.15) is 0 Å². The van der Waals surface area contributed by atoms with Crippen molar-refractivity contribution in [2.45, 2.75) is 26.3 Å². The van der Waals surface area contributed by atoms with Gasteiger partial charge in [-0.25, -0.2) is 0 Å². The molecule has 1 N–H and O–H groups in total. The van der Waals surface area contributed by atoms with Gasteiger partial charge in [0.05, 0.1) is 12.5 Å². The molecule has 0 bridgehead atoms. The SMILES string of the molecule is CC(C)[C@H](C(=O)NCc1cccs1)c1ccc(Cl)cc1. The van der Waals surface area contributed by atoms with Crippen molar-refractivity contribution in [3.8, 4) is 0 Å². The average molecular weight is 308 g/mol. The molecule has 4 heteroatoms. The Bertz CT molecular complexity index is 548. The first kappa shape index (κ1) is 15.1. The molecule has 1 heterocycles. The molecule has 106 valence electrons. The largest absolute Gasteiger partial charge is 0.351 e. The highest BCUT2D eigenvalue weighted by Gasteiger charge is 2.23. The Kier molecular flexibility index (Phi) is 5.21. The molecule has 0 aliphatic rings. The van der Waals surface area contributed by atoms with Crippen LogP contribution in [-0.4, -0.2) is 5.91 Å². The quantitative estimate of drug-likeness (QED) is 0.868. The molecule has 0 saturated heterocycles. The third-order valence-corrected chi connectivity index (χ3v) is 4.32. The average Bonchev–Trinajstić information content (AvgIpc) is 2.92. The zero-order valence-corrected chi connectivity index (χ0v) is 13.2. The van der Waals surface area contributed by atoms with Gasteiger partial charge in [0, 0.05) is 9.90 Å². The number of benzene rings is 1. The van der Waals surface area contributed by atoms with Crippen LogP contribution < -0.4 is 5.32 Å². The number of rotatable bonds is 5. The van der Waals surface area contributed by atoms with E-state index in [9.17, 15) is 4.79 Å². The summed E-state index contributed by atoms with van der Waals surface area (Å²) in [5.74, 6) is 0.155.